The van der Waals surface area contributed by atoms with Crippen LogP contribution < -0.4 is 10.1 Å². The topological polar surface area (TPSA) is 21.3 Å². The van der Waals surface area contributed by atoms with Crippen molar-refractivity contribution >= 4 is 11.6 Å². The van der Waals surface area contributed by atoms with Gasteiger partial charge in [0.2, 0.25) is 0 Å². The summed E-state index contributed by atoms with van der Waals surface area (Å²) >= 11 is 5.99. The summed E-state index contributed by atoms with van der Waals surface area (Å²) in [4.78, 5) is 0. The Labute approximate surface area is 123 Å². The lowest BCUT2D eigenvalue weighted by molar-refractivity contribution is 0.296. The van der Waals surface area contributed by atoms with Gasteiger partial charge in [0.15, 0.2) is 0 Å². The molecule has 2 rings (SSSR count). The first-order chi connectivity index (χ1) is 9.72. The minimum Gasteiger partial charge on any atom is -0.488 e. The third kappa shape index (κ3) is 3.71. The monoisotopic (exact) mass is 293 g/mol. The molecule has 106 valence electrons. The highest BCUT2D eigenvalue weighted by atomic mass is 35.5. The van der Waals surface area contributed by atoms with E-state index in [0.717, 1.165) is 24.4 Å². The van der Waals surface area contributed by atoms with Crippen LogP contribution in [-0.2, 0) is 13.2 Å². The molecule has 0 aliphatic rings. The van der Waals surface area contributed by atoms with Crippen molar-refractivity contribution in [2.24, 2.45) is 0 Å². The Kier molecular flexibility index (Phi) is 5.39. The van der Waals surface area contributed by atoms with Crippen LogP contribution in [0.25, 0.3) is 0 Å². The number of hydrogen-bond donors (Lipinski definition) is 1. The quantitative estimate of drug-likeness (QED) is 0.863. The average molecular weight is 294 g/mol. The van der Waals surface area contributed by atoms with E-state index in [9.17, 15) is 4.39 Å². The molecule has 0 aliphatic heterocycles. The Morgan fingerprint density at radius 2 is 1.95 bits per heavy atom. The van der Waals surface area contributed by atoms with E-state index in [4.69, 9.17) is 16.3 Å². The number of ether oxygens (including phenoxy) is 1. The van der Waals surface area contributed by atoms with Crippen molar-refractivity contribution in [1.82, 2.24) is 5.32 Å². The van der Waals surface area contributed by atoms with Crippen molar-refractivity contribution in [3.8, 4) is 5.75 Å². The van der Waals surface area contributed by atoms with Crippen molar-refractivity contribution in [3.63, 3.8) is 0 Å². The molecule has 2 aromatic rings. The predicted molar refractivity (Wildman–Crippen MR) is 79.6 cm³/mol. The normalized spacial score (nSPS) is 10.6. The molecular weight excluding hydrogens is 277 g/mol. The Balaban J connectivity index is 2.11. The van der Waals surface area contributed by atoms with Gasteiger partial charge in [-0.05, 0) is 24.7 Å². The maximum Gasteiger partial charge on any atom is 0.131 e. The molecule has 1 N–H and O–H groups in total. The minimum atomic E-state index is -0.346. The van der Waals surface area contributed by atoms with Crippen LogP contribution in [0.1, 0.15) is 18.1 Å². The molecule has 0 aromatic heterocycles. The van der Waals surface area contributed by atoms with E-state index in [2.05, 4.69) is 5.32 Å². The van der Waals surface area contributed by atoms with Crippen molar-refractivity contribution < 1.29 is 9.13 Å². The molecule has 0 unspecified atom stereocenters. The summed E-state index contributed by atoms with van der Waals surface area (Å²) in [6.07, 6.45) is 0. The van der Waals surface area contributed by atoms with Crippen LogP contribution in [0.5, 0.6) is 5.75 Å². The molecule has 0 fully saturated rings. The lowest BCUT2D eigenvalue weighted by Crippen LogP contribution is -2.13. The van der Waals surface area contributed by atoms with Gasteiger partial charge < -0.3 is 10.1 Å². The number of hydrogen-bond acceptors (Lipinski definition) is 2. The van der Waals surface area contributed by atoms with Crippen LogP contribution in [0, 0.1) is 5.82 Å². The molecular formula is C16H17ClFNO. The maximum absolute atomic E-state index is 13.7. The van der Waals surface area contributed by atoms with E-state index >= 15 is 0 Å². The fourth-order valence-corrected chi connectivity index (χ4v) is 2.09. The molecule has 4 heteroatoms. The van der Waals surface area contributed by atoms with E-state index in [0.29, 0.717) is 10.6 Å². The van der Waals surface area contributed by atoms with Gasteiger partial charge in [0.1, 0.15) is 18.2 Å². The molecule has 0 amide bonds. The van der Waals surface area contributed by atoms with E-state index in [1.807, 2.05) is 31.2 Å². The molecule has 0 radical (unpaired) electrons. The van der Waals surface area contributed by atoms with Gasteiger partial charge in [0.25, 0.3) is 0 Å². The van der Waals surface area contributed by atoms with Gasteiger partial charge in [-0.2, -0.15) is 0 Å². The van der Waals surface area contributed by atoms with Gasteiger partial charge >= 0.3 is 0 Å². The number of nitrogens with one attached hydrogen (secondary N) is 1. The second-order valence-electron chi connectivity index (χ2n) is 4.38. The first kappa shape index (κ1) is 14.8. The molecule has 0 atom stereocenters. The lowest BCUT2D eigenvalue weighted by Gasteiger charge is -2.13. The Morgan fingerprint density at radius 1 is 1.15 bits per heavy atom. The summed E-state index contributed by atoms with van der Waals surface area (Å²) in [5.74, 6) is 0.398. The second kappa shape index (κ2) is 7.27. The van der Waals surface area contributed by atoms with E-state index in [1.54, 1.807) is 12.1 Å². The summed E-state index contributed by atoms with van der Waals surface area (Å²) in [6.45, 7) is 3.77. The van der Waals surface area contributed by atoms with Gasteiger partial charge in [-0.1, -0.05) is 42.8 Å². The fraction of sp³-hybridized carbons (Fsp3) is 0.250. The Hall–Kier alpha value is -1.58. The first-order valence-electron chi connectivity index (χ1n) is 6.56. The summed E-state index contributed by atoms with van der Waals surface area (Å²) in [5.41, 5.74) is 1.43. The second-order valence-corrected chi connectivity index (χ2v) is 4.78. The molecule has 2 nitrogen and oxygen atoms in total. The number of rotatable bonds is 6. The lowest BCUT2D eigenvalue weighted by atomic mass is 10.2. The van der Waals surface area contributed by atoms with Crippen LogP contribution in [-0.4, -0.2) is 6.54 Å². The van der Waals surface area contributed by atoms with E-state index in [1.165, 1.54) is 6.07 Å². The van der Waals surface area contributed by atoms with Crippen LogP contribution in [0.4, 0.5) is 4.39 Å². The zero-order chi connectivity index (χ0) is 14.4. The van der Waals surface area contributed by atoms with Gasteiger partial charge in [0, 0.05) is 17.7 Å². The largest absolute Gasteiger partial charge is 0.488 e. The van der Waals surface area contributed by atoms with Crippen molar-refractivity contribution in [3.05, 3.63) is 64.4 Å². The molecule has 20 heavy (non-hydrogen) atoms. The maximum atomic E-state index is 13.7. The first-order valence-corrected chi connectivity index (χ1v) is 6.94. The van der Waals surface area contributed by atoms with Crippen LogP contribution in [0.15, 0.2) is 42.5 Å². The van der Waals surface area contributed by atoms with Crippen LogP contribution in [0.2, 0.25) is 5.02 Å². The summed E-state index contributed by atoms with van der Waals surface area (Å²) in [5, 5.41) is 3.63. The summed E-state index contributed by atoms with van der Waals surface area (Å²) < 4.78 is 19.4. The van der Waals surface area contributed by atoms with Crippen LogP contribution >= 0.6 is 11.6 Å². The molecule has 0 bridgehead atoms. The van der Waals surface area contributed by atoms with E-state index < -0.39 is 0 Å². The highest BCUT2D eigenvalue weighted by Crippen LogP contribution is 2.23. The van der Waals surface area contributed by atoms with E-state index in [-0.39, 0.29) is 12.4 Å². The molecule has 0 saturated carbocycles. The van der Waals surface area contributed by atoms with Gasteiger partial charge in [0.05, 0.1) is 5.02 Å². The summed E-state index contributed by atoms with van der Waals surface area (Å²) in [7, 11) is 0. The fourth-order valence-electron chi connectivity index (χ4n) is 1.87. The SMILES string of the molecule is CCNCc1ccccc1OCc1c(F)cccc1Cl. The minimum absolute atomic E-state index is 0.120. The molecule has 0 aliphatic carbocycles. The smallest absolute Gasteiger partial charge is 0.131 e. The average Bonchev–Trinajstić information content (AvgIpc) is 2.45. The molecule has 0 spiro atoms. The molecule has 2 aromatic carbocycles. The van der Waals surface area contributed by atoms with Gasteiger partial charge in [-0.25, -0.2) is 4.39 Å². The van der Waals surface area contributed by atoms with Crippen LogP contribution in [0.3, 0.4) is 0 Å². The number of benzene rings is 2. The van der Waals surface area contributed by atoms with Crippen molar-refractivity contribution in [1.29, 1.82) is 0 Å². The third-order valence-corrected chi connectivity index (χ3v) is 3.33. The van der Waals surface area contributed by atoms with Gasteiger partial charge in [-0.15, -0.1) is 0 Å². The number of halogens is 2. The van der Waals surface area contributed by atoms with Crippen molar-refractivity contribution in [2.45, 2.75) is 20.1 Å². The molecule has 0 saturated heterocycles. The number of para-hydroxylation sites is 1. The predicted octanol–water partition coefficient (Wildman–Crippen LogP) is 4.17. The Morgan fingerprint density at radius 3 is 2.70 bits per heavy atom. The highest BCUT2D eigenvalue weighted by molar-refractivity contribution is 6.31. The third-order valence-electron chi connectivity index (χ3n) is 2.97. The van der Waals surface area contributed by atoms with Crippen molar-refractivity contribution in [2.75, 3.05) is 6.54 Å². The highest BCUT2D eigenvalue weighted by Gasteiger charge is 2.09. The van der Waals surface area contributed by atoms with Gasteiger partial charge in [-0.3, -0.25) is 0 Å². The summed E-state index contributed by atoms with van der Waals surface area (Å²) in [6, 6.07) is 12.3. The zero-order valence-corrected chi connectivity index (χ0v) is 12.1. The Bertz CT molecular complexity index is 554. The molecule has 0 heterocycles. The standard InChI is InChI=1S/C16H17ClFNO/c1-2-19-10-12-6-3-4-9-16(12)20-11-13-14(17)7-5-8-15(13)18/h3-9,19H,2,10-11H2,1H3. The zero-order valence-electron chi connectivity index (χ0n) is 11.3.